The summed E-state index contributed by atoms with van der Waals surface area (Å²) in [4.78, 5) is 42.5. The minimum absolute atomic E-state index is 0.120. The highest BCUT2D eigenvalue weighted by molar-refractivity contribution is 7.89. The van der Waals surface area contributed by atoms with Crippen LogP contribution >= 0.6 is 11.6 Å². The molecule has 0 spiro atoms. The summed E-state index contributed by atoms with van der Waals surface area (Å²) in [6, 6.07) is 15.8. The Balaban J connectivity index is 1.67. The number of nitrogens with two attached hydrogens (primary N) is 1. The van der Waals surface area contributed by atoms with Crippen LogP contribution in [0, 0.1) is 0 Å². The maximum Gasteiger partial charge on any atom is 0.257 e. The monoisotopic (exact) mass is 571 g/mol. The minimum atomic E-state index is -3.95. The van der Waals surface area contributed by atoms with Crippen LogP contribution in [0.15, 0.2) is 71.6 Å². The van der Waals surface area contributed by atoms with E-state index in [4.69, 9.17) is 26.2 Å². The van der Waals surface area contributed by atoms with Crippen molar-refractivity contribution in [1.82, 2.24) is 4.90 Å². The van der Waals surface area contributed by atoms with Crippen molar-refractivity contribution < 1.29 is 32.3 Å². The van der Waals surface area contributed by atoms with Crippen LogP contribution < -0.4 is 19.5 Å². The second-order valence-corrected chi connectivity index (χ2v) is 10.8. The number of hydrogen-bond acceptors (Lipinski definition) is 7. The molecule has 3 amide bonds. The van der Waals surface area contributed by atoms with Crippen molar-refractivity contribution in [3.05, 3.63) is 82.9 Å². The summed E-state index contributed by atoms with van der Waals surface area (Å²) in [6.07, 6.45) is 0.130. The molecular formula is C27H26ClN3O7S. The molecule has 10 nitrogen and oxygen atoms in total. The fourth-order valence-corrected chi connectivity index (χ4v) is 5.12. The van der Waals surface area contributed by atoms with Crippen molar-refractivity contribution in [2.24, 2.45) is 5.14 Å². The Hall–Kier alpha value is -3.93. The van der Waals surface area contributed by atoms with Gasteiger partial charge in [-0.2, -0.15) is 0 Å². The van der Waals surface area contributed by atoms with Gasteiger partial charge in [-0.1, -0.05) is 23.7 Å². The Morgan fingerprint density at radius 2 is 1.72 bits per heavy atom. The van der Waals surface area contributed by atoms with Gasteiger partial charge >= 0.3 is 0 Å². The van der Waals surface area contributed by atoms with Crippen LogP contribution in [-0.4, -0.2) is 57.8 Å². The number of halogens is 1. The first-order valence-corrected chi connectivity index (χ1v) is 13.7. The molecule has 1 saturated heterocycles. The Labute approximate surface area is 230 Å². The van der Waals surface area contributed by atoms with Crippen molar-refractivity contribution in [2.75, 3.05) is 25.7 Å². The lowest BCUT2D eigenvalue weighted by molar-refractivity contribution is -0.122. The van der Waals surface area contributed by atoms with E-state index in [1.165, 1.54) is 49.5 Å². The van der Waals surface area contributed by atoms with E-state index in [0.717, 1.165) is 10.5 Å². The summed E-state index contributed by atoms with van der Waals surface area (Å²) in [6.45, 7) is 0.120. The summed E-state index contributed by atoms with van der Waals surface area (Å²) in [7, 11) is -1.03. The van der Waals surface area contributed by atoms with Gasteiger partial charge in [-0.15, -0.1) is 0 Å². The van der Waals surface area contributed by atoms with E-state index in [-0.39, 0.29) is 29.1 Å². The zero-order valence-electron chi connectivity index (χ0n) is 21.2. The van der Waals surface area contributed by atoms with Gasteiger partial charge in [0.2, 0.25) is 15.9 Å². The Kier molecular flexibility index (Phi) is 8.24. The quantitative estimate of drug-likeness (QED) is 0.390. The average Bonchev–Trinajstić information content (AvgIpc) is 3.21. The first-order valence-electron chi connectivity index (χ1n) is 11.8. The highest BCUT2D eigenvalue weighted by Crippen LogP contribution is 2.31. The molecule has 39 heavy (non-hydrogen) atoms. The number of benzene rings is 3. The predicted molar refractivity (Wildman–Crippen MR) is 144 cm³/mol. The molecule has 0 aromatic heterocycles. The second kappa shape index (κ2) is 11.4. The molecule has 4 rings (SSSR count). The third kappa shape index (κ3) is 6.06. The second-order valence-electron chi connectivity index (χ2n) is 8.77. The number of nitrogens with zero attached hydrogens (tertiary/aromatic N) is 2. The van der Waals surface area contributed by atoms with Gasteiger partial charge in [0.15, 0.2) is 11.5 Å². The van der Waals surface area contributed by atoms with Crippen LogP contribution in [0.1, 0.15) is 22.3 Å². The van der Waals surface area contributed by atoms with Crippen molar-refractivity contribution in [3.63, 3.8) is 0 Å². The normalized spacial score (nSPS) is 15.4. The molecule has 1 unspecified atom stereocenters. The highest BCUT2D eigenvalue weighted by Gasteiger charge is 2.44. The number of imide groups is 1. The molecule has 3 aromatic carbocycles. The number of sulfonamides is 1. The van der Waals surface area contributed by atoms with Crippen molar-refractivity contribution in [2.45, 2.75) is 23.8 Å². The van der Waals surface area contributed by atoms with E-state index in [9.17, 15) is 22.8 Å². The summed E-state index contributed by atoms with van der Waals surface area (Å²) in [5, 5.41) is 5.68. The number of ether oxygens (including phenoxy) is 2. The number of rotatable bonds is 9. The van der Waals surface area contributed by atoms with Gasteiger partial charge in [-0.3, -0.25) is 14.4 Å². The van der Waals surface area contributed by atoms with Gasteiger partial charge in [0.1, 0.15) is 6.04 Å². The lowest BCUT2D eigenvalue weighted by Crippen LogP contribution is -2.46. The predicted octanol–water partition coefficient (Wildman–Crippen LogP) is 3.02. The fraction of sp³-hybridized carbons (Fsp3) is 0.222. The van der Waals surface area contributed by atoms with E-state index in [2.05, 4.69) is 0 Å². The first kappa shape index (κ1) is 28.1. The van der Waals surface area contributed by atoms with E-state index in [1.54, 1.807) is 30.3 Å². The number of methoxy groups -OCH3 is 2. The maximum absolute atomic E-state index is 13.8. The van der Waals surface area contributed by atoms with Gasteiger partial charge in [0, 0.05) is 17.1 Å². The number of hydrogen-bond donors (Lipinski definition) is 1. The molecule has 204 valence electrons. The summed E-state index contributed by atoms with van der Waals surface area (Å²) < 4.78 is 33.8. The molecule has 0 radical (unpaired) electrons. The Morgan fingerprint density at radius 3 is 2.33 bits per heavy atom. The molecule has 1 heterocycles. The van der Waals surface area contributed by atoms with Gasteiger partial charge in [0.05, 0.1) is 31.2 Å². The molecule has 1 aliphatic rings. The molecular weight excluding hydrogens is 546 g/mol. The molecule has 1 aliphatic heterocycles. The zero-order chi connectivity index (χ0) is 28.3. The Morgan fingerprint density at radius 1 is 1.03 bits per heavy atom. The van der Waals surface area contributed by atoms with Crippen LogP contribution in [0.4, 0.5) is 5.69 Å². The molecule has 1 fully saturated rings. The Bertz CT molecular complexity index is 1530. The largest absolute Gasteiger partial charge is 0.493 e. The smallest absolute Gasteiger partial charge is 0.257 e. The topological polar surface area (TPSA) is 136 Å². The maximum atomic E-state index is 13.8. The lowest BCUT2D eigenvalue weighted by Gasteiger charge is -2.28. The number of anilines is 1. The van der Waals surface area contributed by atoms with Gasteiger partial charge in [0.25, 0.3) is 11.8 Å². The summed E-state index contributed by atoms with van der Waals surface area (Å²) in [5.74, 6) is -0.843. The van der Waals surface area contributed by atoms with E-state index in [0.29, 0.717) is 22.9 Å². The summed E-state index contributed by atoms with van der Waals surface area (Å²) >= 11 is 6.12. The van der Waals surface area contributed by atoms with Crippen molar-refractivity contribution >= 4 is 45.0 Å². The SMILES string of the molecule is COc1ccc(C(=O)N(CCc2cccc(Cl)c2)C2CC(=O)N(c3ccc(S(N)(=O)=O)cc3)C2=O)cc1OC. The highest BCUT2D eigenvalue weighted by atomic mass is 35.5. The van der Waals surface area contributed by atoms with Gasteiger partial charge < -0.3 is 14.4 Å². The van der Waals surface area contributed by atoms with Gasteiger partial charge in [-0.25, -0.2) is 18.5 Å². The fourth-order valence-electron chi connectivity index (χ4n) is 4.39. The van der Waals surface area contributed by atoms with Crippen LogP contribution in [0.2, 0.25) is 5.02 Å². The number of primary sulfonamides is 1. The average molecular weight is 572 g/mol. The molecule has 12 heteroatoms. The van der Waals surface area contributed by atoms with E-state index >= 15 is 0 Å². The summed E-state index contributed by atoms with van der Waals surface area (Å²) in [5.41, 5.74) is 1.27. The third-order valence-corrected chi connectivity index (χ3v) is 7.51. The van der Waals surface area contributed by atoms with Crippen molar-refractivity contribution in [1.29, 1.82) is 0 Å². The molecule has 3 aromatic rings. The van der Waals surface area contributed by atoms with E-state index in [1.807, 2.05) is 6.07 Å². The van der Waals surface area contributed by atoms with Crippen LogP contribution in [0.25, 0.3) is 0 Å². The third-order valence-electron chi connectivity index (χ3n) is 6.34. The molecule has 0 bridgehead atoms. The number of carbonyl (C=O) groups excluding carboxylic acids is 3. The van der Waals surface area contributed by atoms with Crippen LogP contribution in [-0.2, 0) is 26.0 Å². The molecule has 1 atom stereocenters. The van der Waals surface area contributed by atoms with Gasteiger partial charge in [-0.05, 0) is 66.6 Å². The molecule has 2 N–H and O–H groups in total. The first-order chi connectivity index (χ1) is 18.5. The molecule has 0 aliphatic carbocycles. The standard InChI is InChI=1S/C27H26ClN3O7S/c1-37-23-11-6-18(15-24(23)38-2)26(33)30(13-12-17-4-3-5-19(28)14-17)22-16-25(32)31(27(22)34)20-7-9-21(10-8-20)39(29,35)36/h3-11,14-15,22H,12-13,16H2,1-2H3,(H2,29,35,36). The van der Waals surface area contributed by atoms with Crippen LogP contribution in [0.5, 0.6) is 11.5 Å². The van der Waals surface area contributed by atoms with Crippen LogP contribution in [0.3, 0.4) is 0 Å². The zero-order valence-corrected chi connectivity index (χ0v) is 22.7. The minimum Gasteiger partial charge on any atom is -0.493 e. The van der Waals surface area contributed by atoms with Crippen molar-refractivity contribution in [3.8, 4) is 11.5 Å². The number of carbonyl (C=O) groups is 3. The number of amides is 3. The lowest BCUT2D eigenvalue weighted by atomic mass is 10.1. The van der Waals surface area contributed by atoms with E-state index < -0.39 is 33.8 Å². The molecule has 0 saturated carbocycles.